The lowest BCUT2D eigenvalue weighted by molar-refractivity contribution is 0.118. The Balaban J connectivity index is 2.44. The summed E-state index contributed by atoms with van der Waals surface area (Å²) in [6.07, 6.45) is 2.28. The third kappa shape index (κ3) is 5.88. The van der Waals surface area contributed by atoms with Crippen LogP contribution in [0, 0.1) is 5.82 Å². The van der Waals surface area contributed by atoms with E-state index >= 15 is 0 Å². The SMILES string of the molecule is CCC(CC)N(CCNc1cccc(F)c1)CCOC. The lowest BCUT2D eigenvalue weighted by Gasteiger charge is -2.30. The van der Waals surface area contributed by atoms with Gasteiger partial charge in [0.1, 0.15) is 5.82 Å². The summed E-state index contributed by atoms with van der Waals surface area (Å²) in [6.45, 7) is 7.86. The van der Waals surface area contributed by atoms with Gasteiger partial charge in [-0.1, -0.05) is 19.9 Å². The van der Waals surface area contributed by atoms with Crippen LogP contribution >= 0.6 is 0 Å². The van der Waals surface area contributed by atoms with Crippen molar-refractivity contribution in [2.45, 2.75) is 32.7 Å². The summed E-state index contributed by atoms with van der Waals surface area (Å²) in [4.78, 5) is 2.44. The fourth-order valence-corrected chi connectivity index (χ4v) is 2.43. The zero-order valence-corrected chi connectivity index (χ0v) is 12.9. The molecule has 1 aromatic rings. The molecule has 1 rings (SSSR count). The monoisotopic (exact) mass is 282 g/mol. The maximum Gasteiger partial charge on any atom is 0.125 e. The van der Waals surface area contributed by atoms with Crippen molar-refractivity contribution in [2.75, 3.05) is 38.7 Å². The van der Waals surface area contributed by atoms with E-state index in [0.29, 0.717) is 6.04 Å². The van der Waals surface area contributed by atoms with Crippen LogP contribution in [-0.4, -0.2) is 44.3 Å². The Morgan fingerprint density at radius 2 is 2.00 bits per heavy atom. The highest BCUT2D eigenvalue weighted by atomic mass is 19.1. The molecule has 0 aromatic heterocycles. The molecule has 0 heterocycles. The molecule has 0 aliphatic carbocycles. The molecule has 0 spiro atoms. The number of methoxy groups -OCH3 is 1. The normalized spacial score (nSPS) is 11.3. The summed E-state index contributed by atoms with van der Waals surface area (Å²) >= 11 is 0. The Labute approximate surface area is 122 Å². The number of nitrogens with zero attached hydrogens (tertiary/aromatic N) is 1. The van der Waals surface area contributed by atoms with Gasteiger partial charge in [-0.15, -0.1) is 0 Å². The summed E-state index contributed by atoms with van der Waals surface area (Å²) in [6, 6.07) is 7.18. The molecule has 0 radical (unpaired) electrons. The van der Waals surface area contributed by atoms with Crippen LogP contribution in [0.1, 0.15) is 26.7 Å². The molecule has 0 saturated heterocycles. The molecule has 114 valence electrons. The predicted octanol–water partition coefficient (Wildman–Crippen LogP) is 3.37. The van der Waals surface area contributed by atoms with Gasteiger partial charge in [-0.05, 0) is 31.0 Å². The summed E-state index contributed by atoms with van der Waals surface area (Å²) in [7, 11) is 1.73. The molecule has 0 amide bonds. The van der Waals surface area contributed by atoms with E-state index in [1.165, 1.54) is 12.1 Å². The van der Waals surface area contributed by atoms with E-state index in [0.717, 1.165) is 44.8 Å². The van der Waals surface area contributed by atoms with Gasteiger partial charge in [0.25, 0.3) is 0 Å². The smallest absolute Gasteiger partial charge is 0.125 e. The lowest BCUT2D eigenvalue weighted by atomic mass is 10.1. The maximum atomic E-state index is 13.1. The highest BCUT2D eigenvalue weighted by Gasteiger charge is 2.14. The van der Waals surface area contributed by atoms with Gasteiger partial charge in [0.15, 0.2) is 0 Å². The summed E-state index contributed by atoms with van der Waals surface area (Å²) in [5.74, 6) is -0.203. The molecule has 0 aliphatic heterocycles. The van der Waals surface area contributed by atoms with Crippen molar-refractivity contribution in [1.82, 2.24) is 4.90 Å². The zero-order valence-electron chi connectivity index (χ0n) is 12.9. The van der Waals surface area contributed by atoms with E-state index in [9.17, 15) is 4.39 Å². The Hall–Kier alpha value is -1.13. The number of ether oxygens (including phenoxy) is 1. The minimum absolute atomic E-state index is 0.203. The van der Waals surface area contributed by atoms with E-state index in [1.54, 1.807) is 13.2 Å². The van der Waals surface area contributed by atoms with Gasteiger partial charge in [-0.25, -0.2) is 4.39 Å². The van der Waals surface area contributed by atoms with Crippen molar-refractivity contribution in [3.63, 3.8) is 0 Å². The molecule has 3 nitrogen and oxygen atoms in total. The number of anilines is 1. The second-order valence-electron chi connectivity index (χ2n) is 4.94. The molecule has 0 fully saturated rings. The number of rotatable bonds is 10. The van der Waals surface area contributed by atoms with Gasteiger partial charge in [0.2, 0.25) is 0 Å². The first kappa shape index (κ1) is 16.9. The molecule has 1 aromatic carbocycles. The van der Waals surface area contributed by atoms with Crippen LogP contribution in [0.2, 0.25) is 0 Å². The first-order valence-electron chi connectivity index (χ1n) is 7.43. The fourth-order valence-electron chi connectivity index (χ4n) is 2.43. The average Bonchev–Trinajstić information content (AvgIpc) is 2.45. The van der Waals surface area contributed by atoms with Crippen LogP contribution in [0.4, 0.5) is 10.1 Å². The van der Waals surface area contributed by atoms with Crippen LogP contribution in [0.25, 0.3) is 0 Å². The topological polar surface area (TPSA) is 24.5 Å². The number of hydrogen-bond donors (Lipinski definition) is 1. The van der Waals surface area contributed by atoms with Gasteiger partial charge >= 0.3 is 0 Å². The zero-order chi connectivity index (χ0) is 14.8. The molecular weight excluding hydrogens is 255 g/mol. The third-order valence-electron chi connectivity index (χ3n) is 3.59. The van der Waals surface area contributed by atoms with Crippen molar-refractivity contribution in [2.24, 2.45) is 0 Å². The molecule has 0 atom stereocenters. The molecule has 4 heteroatoms. The van der Waals surface area contributed by atoms with Gasteiger partial charge in [0.05, 0.1) is 6.61 Å². The van der Waals surface area contributed by atoms with E-state index in [2.05, 4.69) is 24.1 Å². The van der Waals surface area contributed by atoms with Crippen LogP contribution in [0.15, 0.2) is 24.3 Å². The summed E-state index contributed by atoms with van der Waals surface area (Å²) in [5.41, 5.74) is 0.834. The minimum Gasteiger partial charge on any atom is -0.384 e. The Morgan fingerprint density at radius 1 is 1.25 bits per heavy atom. The summed E-state index contributed by atoms with van der Waals surface area (Å²) in [5, 5.41) is 3.27. The second kappa shape index (κ2) is 9.72. The summed E-state index contributed by atoms with van der Waals surface area (Å²) < 4.78 is 18.3. The van der Waals surface area contributed by atoms with Crippen LogP contribution in [-0.2, 0) is 4.74 Å². The van der Waals surface area contributed by atoms with Crippen molar-refractivity contribution in [1.29, 1.82) is 0 Å². The number of benzene rings is 1. The van der Waals surface area contributed by atoms with Gasteiger partial charge < -0.3 is 10.1 Å². The van der Waals surface area contributed by atoms with Gasteiger partial charge in [-0.2, -0.15) is 0 Å². The molecule has 0 aliphatic rings. The van der Waals surface area contributed by atoms with Gasteiger partial charge in [0, 0.05) is 38.5 Å². The van der Waals surface area contributed by atoms with Crippen molar-refractivity contribution in [3.8, 4) is 0 Å². The van der Waals surface area contributed by atoms with E-state index in [1.807, 2.05) is 6.07 Å². The molecule has 0 unspecified atom stereocenters. The van der Waals surface area contributed by atoms with Crippen molar-refractivity contribution >= 4 is 5.69 Å². The molecule has 0 bridgehead atoms. The van der Waals surface area contributed by atoms with E-state index < -0.39 is 0 Å². The number of hydrogen-bond acceptors (Lipinski definition) is 3. The molecular formula is C16H27FN2O. The maximum absolute atomic E-state index is 13.1. The Morgan fingerprint density at radius 3 is 2.60 bits per heavy atom. The Bertz CT molecular complexity index is 369. The van der Waals surface area contributed by atoms with Gasteiger partial charge in [-0.3, -0.25) is 4.90 Å². The number of nitrogens with one attached hydrogen (secondary N) is 1. The first-order chi connectivity index (χ1) is 9.71. The largest absolute Gasteiger partial charge is 0.384 e. The molecule has 1 N–H and O–H groups in total. The van der Waals surface area contributed by atoms with Crippen LogP contribution < -0.4 is 5.32 Å². The van der Waals surface area contributed by atoms with Crippen molar-refractivity contribution in [3.05, 3.63) is 30.1 Å². The molecule has 0 saturated carbocycles. The van der Waals surface area contributed by atoms with Crippen molar-refractivity contribution < 1.29 is 9.13 Å². The highest BCUT2D eigenvalue weighted by molar-refractivity contribution is 5.42. The highest BCUT2D eigenvalue weighted by Crippen LogP contribution is 2.10. The van der Waals surface area contributed by atoms with Crippen LogP contribution in [0.3, 0.4) is 0 Å². The standard InChI is InChI=1S/C16H27FN2O/c1-4-16(5-2)19(11-12-20-3)10-9-18-15-8-6-7-14(17)13-15/h6-8,13,16,18H,4-5,9-12H2,1-3H3. The van der Waals surface area contributed by atoms with E-state index in [-0.39, 0.29) is 5.82 Å². The average molecular weight is 282 g/mol. The number of halogens is 1. The quantitative estimate of drug-likeness (QED) is 0.712. The second-order valence-corrected chi connectivity index (χ2v) is 4.94. The predicted molar refractivity (Wildman–Crippen MR) is 82.7 cm³/mol. The third-order valence-corrected chi connectivity index (χ3v) is 3.59. The molecule has 20 heavy (non-hydrogen) atoms. The minimum atomic E-state index is -0.203. The Kier molecular flexibility index (Phi) is 8.23. The lowest BCUT2D eigenvalue weighted by Crippen LogP contribution is -2.40. The van der Waals surface area contributed by atoms with Crippen LogP contribution in [0.5, 0.6) is 0 Å². The first-order valence-corrected chi connectivity index (χ1v) is 7.43. The fraction of sp³-hybridized carbons (Fsp3) is 0.625. The van der Waals surface area contributed by atoms with E-state index in [4.69, 9.17) is 4.74 Å².